The van der Waals surface area contributed by atoms with Crippen molar-refractivity contribution in [1.82, 2.24) is 4.98 Å². The molecule has 3 rings (SSSR count). The summed E-state index contributed by atoms with van der Waals surface area (Å²) in [5, 5.41) is 12.1. The lowest BCUT2D eigenvalue weighted by atomic mass is 9.89. The number of para-hydroxylation sites is 1. The smallest absolute Gasteiger partial charge is 0.141 e. The summed E-state index contributed by atoms with van der Waals surface area (Å²) in [6, 6.07) is 15.7. The van der Waals surface area contributed by atoms with Crippen molar-refractivity contribution in [2.24, 2.45) is 0 Å². The molecule has 0 radical (unpaired) electrons. The summed E-state index contributed by atoms with van der Waals surface area (Å²) in [6.07, 6.45) is 3.12. The van der Waals surface area contributed by atoms with Gasteiger partial charge < -0.3 is 5.11 Å². The molecule has 0 saturated carbocycles. The average molecular weight is 374 g/mol. The van der Waals surface area contributed by atoms with Gasteiger partial charge in [0.15, 0.2) is 0 Å². The summed E-state index contributed by atoms with van der Waals surface area (Å²) in [5.41, 5.74) is 0.701. The highest BCUT2D eigenvalue weighted by atomic mass is 79.9. The second-order valence-electron chi connectivity index (χ2n) is 5.18. The lowest BCUT2D eigenvalue weighted by molar-refractivity contribution is 0.0720. The number of thiazole rings is 1. The molecule has 0 spiro atoms. The van der Waals surface area contributed by atoms with Crippen molar-refractivity contribution in [2.45, 2.75) is 18.4 Å². The van der Waals surface area contributed by atoms with E-state index in [1.807, 2.05) is 54.6 Å². The van der Waals surface area contributed by atoms with E-state index in [2.05, 4.69) is 27.5 Å². The molecule has 22 heavy (non-hydrogen) atoms. The van der Waals surface area contributed by atoms with Crippen LogP contribution in [-0.2, 0) is 5.60 Å². The standard InChI is InChI=1S/C18H16BrNOS/c1-2-3-12-18(21,13-8-10-14(19)11-9-13)17-20-15-6-4-5-7-16(15)22-17/h2,4-11,21H,1,3,12H2. The van der Waals surface area contributed by atoms with Crippen LogP contribution in [0.15, 0.2) is 65.7 Å². The molecule has 0 aliphatic rings. The van der Waals surface area contributed by atoms with E-state index in [1.165, 1.54) is 0 Å². The van der Waals surface area contributed by atoms with E-state index in [4.69, 9.17) is 0 Å². The maximum absolute atomic E-state index is 11.4. The zero-order valence-electron chi connectivity index (χ0n) is 12.0. The Balaban J connectivity index is 2.11. The third kappa shape index (κ3) is 2.86. The Hall–Kier alpha value is -1.49. The van der Waals surface area contributed by atoms with Crippen molar-refractivity contribution in [3.8, 4) is 0 Å². The SMILES string of the molecule is C=CCCC(O)(c1ccc(Br)cc1)c1nc2ccccc2s1. The van der Waals surface area contributed by atoms with Gasteiger partial charge in [0.05, 0.1) is 10.2 Å². The summed E-state index contributed by atoms with van der Waals surface area (Å²) in [6.45, 7) is 3.77. The average Bonchev–Trinajstić information content (AvgIpc) is 2.98. The Kier molecular flexibility index (Phi) is 4.43. The van der Waals surface area contributed by atoms with Crippen LogP contribution in [-0.4, -0.2) is 10.1 Å². The predicted octanol–water partition coefficient (Wildman–Crippen LogP) is 5.26. The first-order chi connectivity index (χ1) is 10.6. The Morgan fingerprint density at radius 3 is 2.59 bits per heavy atom. The van der Waals surface area contributed by atoms with Gasteiger partial charge in [0.25, 0.3) is 0 Å². The summed E-state index contributed by atoms with van der Waals surface area (Å²) in [7, 11) is 0. The molecular weight excluding hydrogens is 358 g/mol. The predicted molar refractivity (Wildman–Crippen MR) is 96.2 cm³/mol. The quantitative estimate of drug-likeness (QED) is 0.618. The van der Waals surface area contributed by atoms with Crippen LogP contribution in [0.5, 0.6) is 0 Å². The molecule has 3 aromatic rings. The molecule has 4 heteroatoms. The first kappa shape index (κ1) is 15.4. The van der Waals surface area contributed by atoms with Gasteiger partial charge in [0.2, 0.25) is 0 Å². The van der Waals surface area contributed by atoms with Crippen molar-refractivity contribution < 1.29 is 5.11 Å². The number of hydrogen-bond acceptors (Lipinski definition) is 3. The van der Waals surface area contributed by atoms with Crippen LogP contribution in [0, 0.1) is 0 Å². The Morgan fingerprint density at radius 2 is 1.91 bits per heavy atom. The number of nitrogens with zero attached hydrogens (tertiary/aromatic N) is 1. The van der Waals surface area contributed by atoms with Crippen LogP contribution in [0.4, 0.5) is 0 Å². The van der Waals surface area contributed by atoms with E-state index >= 15 is 0 Å². The van der Waals surface area contributed by atoms with Gasteiger partial charge in [0, 0.05) is 4.47 Å². The molecule has 1 heterocycles. The fourth-order valence-corrected chi connectivity index (χ4v) is 3.83. The molecule has 2 nitrogen and oxygen atoms in total. The molecular formula is C18H16BrNOS. The van der Waals surface area contributed by atoms with Crippen LogP contribution < -0.4 is 0 Å². The highest BCUT2D eigenvalue weighted by Gasteiger charge is 2.34. The Morgan fingerprint density at radius 1 is 1.18 bits per heavy atom. The fourth-order valence-electron chi connectivity index (χ4n) is 2.46. The zero-order chi connectivity index (χ0) is 15.6. The van der Waals surface area contributed by atoms with Gasteiger partial charge in [-0.2, -0.15) is 0 Å². The van der Waals surface area contributed by atoms with Crippen LogP contribution in [0.3, 0.4) is 0 Å². The molecule has 1 N–H and O–H groups in total. The molecule has 0 aliphatic heterocycles. The van der Waals surface area contributed by atoms with Crippen LogP contribution in [0.2, 0.25) is 0 Å². The second kappa shape index (κ2) is 6.32. The van der Waals surface area contributed by atoms with Crippen molar-refractivity contribution in [3.63, 3.8) is 0 Å². The van der Waals surface area contributed by atoms with Gasteiger partial charge in [0.1, 0.15) is 10.6 Å². The number of benzene rings is 2. The number of fused-ring (bicyclic) bond motifs is 1. The van der Waals surface area contributed by atoms with Crippen LogP contribution in [0.1, 0.15) is 23.4 Å². The minimum absolute atomic E-state index is 0.567. The number of rotatable bonds is 5. The maximum atomic E-state index is 11.4. The number of aliphatic hydroxyl groups is 1. The molecule has 2 aromatic carbocycles. The monoisotopic (exact) mass is 373 g/mol. The lowest BCUT2D eigenvalue weighted by Gasteiger charge is -2.26. The molecule has 0 amide bonds. The topological polar surface area (TPSA) is 33.1 Å². The molecule has 1 aromatic heterocycles. The Labute approximate surface area is 142 Å². The van der Waals surface area contributed by atoms with E-state index in [0.29, 0.717) is 6.42 Å². The zero-order valence-corrected chi connectivity index (χ0v) is 14.4. The molecule has 112 valence electrons. The summed E-state index contributed by atoms with van der Waals surface area (Å²) in [4.78, 5) is 4.66. The van der Waals surface area contributed by atoms with Gasteiger partial charge in [-0.25, -0.2) is 4.98 Å². The van der Waals surface area contributed by atoms with Gasteiger partial charge in [-0.05, 0) is 42.7 Å². The van der Waals surface area contributed by atoms with E-state index in [1.54, 1.807) is 11.3 Å². The minimum atomic E-state index is -1.08. The van der Waals surface area contributed by atoms with Crippen molar-refractivity contribution in [2.75, 3.05) is 0 Å². The van der Waals surface area contributed by atoms with Gasteiger partial charge in [-0.3, -0.25) is 0 Å². The highest BCUT2D eigenvalue weighted by Crippen LogP contribution is 2.38. The fraction of sp³-hybridized carbons (Fsp3) is 0.167. The largest absolute Gasteiger partial charge is 0.378 e. The first-order valence-electron chi connectivity index (χ1n) is 7.09. The second-order valence-corrected chi connectivity index (χ2v) is 7.13. The molecule has 0 saturated heterocycles. The molecule has 0 aliphatic carbocycles. The number of aromatic nitrogens is 1. The number of halogens is 1. The van der Waals surface area contributed by atoms with E-state index in [0.717, 1.165) is 31.7 Å². The highest BCUT2D eigenvalue weighted by molar-refractivity contribution is 9.10. The molecule has 0 fully saturated rings. The minimum Gasteiger partial charge on any atom is -0.378 e. The van der Waals surface area contributed by atoms with Crippen molar-refractivity contribution in [3.05, 3.63) is 76.2 Å². The van der Waals surface area contributed by atoms with Crippen molar-refractivity contribution in [1.29, 1.82) is 0 Å². The van der Waals surface area contributed by atoms with E-state index in [9.17, 15) is 5.11 Å². The van der Waals surface area contributed by atoms with Crippen LogP contribution in [0.25, 0.3) is 10.2 Å². The lowest BCUT2D eigenvalue weighted by Crippen LogP contribution is -2.27. The number of hydrogen-bond donors (Lipinski definition) is 1. The molecule has 1 atom stereocenters. The normalized spacial score (nSPS) is 13.9. The van der Waals surface area contributed by atoms with E-state index < -0.39 is 5.60 Å². The summed E-state index contributed by atoms with van der Waals surface area (Å²) >= 11 is 4.98. The summed E-state index contributed by atoms with van der Waals surface area (Å²) < 4.78 is 2.08. The summed E-state index contributed by atoms with van der Waals surface area (Å²) in [5.74, 6) is 0. The van der Waals surface area contributed by atoms with Gasteiger partial charge in [-0.1, -0.05) is 46.3 Å². The van der Waals surface area contributed by atoms with E-state index in [-0.39, 0.29) is 0 Å². The number of allylic oxidation sites excluding steroid dienone is 1. The van der Waals surface area contributed by atoms with Gasteiger partial charge >= 0.3 is 0 Å². The van der Waals surface area contributed by atoms with Crippen molar-refractivity contribution >= 4 is 37.5 Å². The third-order valence-corrected chi connectivity index (χ3v) is 5.40. The molecule has 1 unspecified atom stereocenters. The van der Waals surface area contributed by atoms with Gasteiger partial charge in [-0.15, -0.1) is 17.9 Å². The Bertz CT molecular complexity index is 763. The maximum Gasteiger partial charge on any atom is 0.141 e. The first-order valence-corrected chi connectivity index (χ1v) is 8.70. The third-order valence-electron chi connectivity index (χ3n) is 3.68. The van der Waals surface area contributed by atoms with Crippen LogP contribution >= 0.6 is 27.3 Å². The molecule has 0 bridgehead atoms.